The molecule has 3 N–H and O–H groups in total. The molecule has 0 aromatic heterocycles. The summed E-state index contributed by atoms with van der Waals surface area (Å²) in [6, 6.07) is -0.0382. The van der Waals surface area contributed by atoms with Gasteiger partial charge in [0.15, 0.2) is 0 Å². The first-order valence-electron chi connectivity index (χ1n) is 3.80. The van der Waals surface area contributed by atoms with Crippen molar-refractivity contribution in [1.29, 1.82) is 0 Å². The zero-order valence-electron chi connectivity index (χ0n) is 6.67. The third-order valence-corrected chi connectivity index (χ3v) is 2.04. The van der Waals surface area contributed by atoms with Gasteiger partial charge in [-0.05, 0) is 13.0 Å². The van der Waals surface area contributed by atoms with Gasteiger partial charge < -0.3 is 15.8 Å². The molecule has 2 unspecified atom stereocenters. The Hall–Kier alpha value is -0.610. The summed E-state index contributed by atoms with van der Waals surface area (Å²) in [5.41, 5.74) is 5.71. The second-order valence-electron chi connectivity index (χ2n) is 2.79. The molecule has 0 bridgehead atoms. The number of nitrogens with two attached hydrogens (primary N) is 1. The molecule has 0 aromatic carbocycles. The molecule has 4 heteroatoms. The Morgan fingerprint density at radius 2 is 2.45 bits per heavy atom. The first-order chi connectivity index (χ1) is 5.25. The number of carbonyl (C=O) groups is 1. The predicted octanol–water partition coefficient (Wildman–Crippen LogP) is -0.904. The molecule has 0 aromatic rings. The molecule has 1 heterocycles. The number of piperidine rings is 1. The molecular weight excluding hydrogens is 144 g/mol. The van der Waals surface area contributed by atoms with E-state index in [1.54, 1.807) is 0 Å². The van der Waals surface area contributed by atoms with Crippen LogP contribution in [0.2, 0.25) is 0 Å². The highest BCUT2D eigenvalue weighted by molar-refractivity contribution is 5.73. The van der Waals surface area contributed by atoms with Crippen LogP contribution in [-0.2, 0) is 9.53 Å². The molecule has 1 fully saturated rings. The number of nitrogens with one attached hydrogen (secondary N) is 1. The van der Waals surface area contributed by atoms with Crippen LogP contribution >= 0.6 is 0 Å². The lowest BCUT2D eigenvalue weighted by Crippen LogP contribution is -2.48. The molecule has 0 aliphatic carbocycles. The Morgan fingerprint density at radius 1 is 1.73 bits per heavy atom. The van der Waals surface area contributed by atoms with E-state index in [9.17, 15) is 4.79 Å². The predicted molar refractivity (Wildman–Crippen MR) is 41.0 cm³/mol. The normalized spacial score (nSPS) is 31.5. The number of hydrogen-bond acceptors (Lipinski definition) is 4. The maximum atomic E-state index is 11.0. The van der Waals surface area contributed by atoms with Crippen molar-refractivity contribution in [2.75, 3.05) is 20.2 Å². The molecule has 2 atom stereocenters. The zero-order chi connectivity index (χ0) is 8.27. The summed E-state index contributed by atoms with van der Waals surface area (Å²) in [6.45, 7) is 1.54. The van der Waals surface area contributed by atoms with Gasteiger partial charge in [-0.3, -0.25) is 4.79 Å². The first kappa shape index (κ1) is 8.49. The largest absolute Gasteiger partial charge is 0.469 e. The van der Waals surface area contributed by atoms with Crippen molar-refractivity contribution < 1.29 is 9.53 Å². The van der Waals surface area contributed by atoms with Gasteiger partial charge in [0.25, 0.3) is 0 Å². The monoisotopic (exact) mass is 158 g/mol. The fourth-order valence-electron chi connectivity index (χ4n) is 1.29. The first-order valence-corrected chi connectivity index (χ1v) is 3.80. The van der Waals surface area contributed by atoms with Crippen LogP contribution < -0.4 is 11.1 Å². The number of rotatable bonds is 1. The topological polar surface area (TPSA) is 64.3 Å². The van der Waals surface area contributed by atoms with Crippen molar-refractivity contribution in [3.63, 3.8) is 0 Å². The Bertz CT molecular complexity index is 149. The van der Waals surface area contributed by atoms with Crippen molar-refractivity contribution >= 4 is 5.97 Å². The average molecular weight is 158 g/mol. The maximum absolute atomic E-state index is 11.0. The van der Waals surface area contributed by atoms with Gasteiger partial charge in [-0.1, -0.05) is 0 Å². The minimum absolute atomic E-state index is 0.0382. The molecule has 0 spiro atoms. The van der Waals surface area contributed by atoms with Crippen LogP contribution in [0.4, 0.5) is 0 Å². The zero-order valence-corrected chi connectivity index (χ0v) is 6.67. The van der Waals surface area contributed by atoms with Gasteiger partial charge in [-0.25, -0.2) is 0 Å². The molecule has 0 amide bonds. The van der Waals surface area contributed by atoms with E-state index in [1.807, 2.05) is 0 Å². The van der Waals surface area contributed by atoms with Crippen molar-refractivity contribution in [3.8, 4) is 0 Å². The fourth-order valence-corrected chi connectivity index (χ4v) is 1.29. The SMILES string of the molecule is COC(=O)C1CNCCC1N. The van der Waals surface area contributed by atoms with E-state index < -0.39 is 0 Å². The van der Waals surface area contributed by atoms with E-state index in [2.05, 4.69) is 10.1 Å². The van der Waals surface area contributed by atoms with Gasteiger partial charge in [0.2, 0.25) is 0 Å². The highest BCUT2D eigenvalue weighted by Crippen LogP contribution is 2.09. The van der Waals surface area contributed by atoms with Crippen molar-refractivity contribution in [2.24, 2.45) is 11.7 Å². The third-order valence-electron chi connectivity index (χ3n) is 2.04. The van der Waals surface area contributed by atoms with Crippen LogP contribution in [0.25, 0.3) is 0 Å². The van der Waals surface area contributed by atoms with Crippen molar-refractivity contribution in [3.05, 3.63) is 0 Å². The standard InChI is InChI=1S/C7H14N2O2/c1-11-7(10)5-4-9-3-2-6(5)8/h5-6,9H,2-4,8H2,1H3. The lowest BCUT2D eigenvalue weighted by Gasteiger charge is -2.26. The van der Waals surface area contributed by atoms with Crippen LogP contribution in [0.15, 0.2) is 0 Å². The average Bonchev–Trinajstić information content (AvgIpc) is 2.04. The summed E-state index contributed by atoms with van der Waals surface area (Å²) in [5.74, 6) is -0.363. The molecule has 11 heavy (non-hydrogen) atoms. The number of ether oxygens (including phenoxy) is 1. The highest BCUT2D eigenvalue weighted by atomic mass is 16.5. The summed E-state index contributed by atoms with van der Waals surface area (Å²) in [5, 5.41) is 3.10. The van der Waals surface area contributed by atoms with Crippen molar-refractivity contribution in [2.45, 2.75) is 12.5 Å². The Balaban J connectivity index is 2.47. The Morgan fingerprint density at radius 3 is 3.00 bits per heavy atom. The quantitative estimate of drug-likeness (QED) is 0.485. The molecule has 64 valence electrons. The molecule has 0 saturated carbocycles. The van der Waals surface area contributed by atoms with Crippen LogP contribution in [0.5, 0.6) is 0 Å². The van der Waals surface area contributed by atoms with E-state index in [0.717, 1.165) is 13.0 Å². The van der Waals surface area contributed by atoms with Crippen LogP contribution in [-0.4, -0.2) is 32.2 Å². The van der Waals surface area contributed by atoms with E-state index >= 15 is 0 Å². The van der Waals surface area contributed by atoms with Gasteiger partial charge in [-0.2, -0.15) is 0 Å². The summed E-state index contributed by atoms with van der Waals surface area (Å²) in [4.78, 5) is 11.0. The summed E-state index contributed by atoms with van der Waals surface area (Å²) in [6.07, 6.45) is 0.847. The molecule has 1 aliphatic rings. The number of esters is 1. The summed E-state index contributed by atoms with van der Waals surface area (Å²) in [7, 11) is 1.39. The van der Waals surface area contributed by atoms with Crippen LogP contribution in [0.3, 0.4) is 0 Å². The number of carbonyl (C=O) groups excluding carboxylic acids is 1. The summed E-state index contributed by atoms with van der Waals surface area (Å²) < 4.78 is 4.60. The number of hydrogen-bond donors (Lipinski definition) is 2. The minimum Gasteiger partial charge on any atom is -0.469 e. The summed E-state index contributed by atoms with van der Waals surface area (Å²) >= 11 is 0. The second-order valence-corrected chi connectivity index (χ2v) is 2.79. The van der Waals surface area contributed by atoms with E-state index in [0.29, 0.717) is 6.54 Å². The van der Waals surface area contributed by atoms with Gasteiger partial charge in [0.05, 0.1) is 13.0 Å². The molecular formula is C7H14N2O2. The van der Waals surface area contributed by atoms with Gasteiger partial charge >= 0.3 is 5.97 Å². The minimum atomic E-state index is -0.204. The smallest absolute Gasteiger partial charge is 0.311 e. The maximum Gasteiger partial charge on any atom is 0.311 e. The van der Waals surface area contributed by atoms with E-state index in [1.165, 1.54) is 7.11 Å². The Labute approximate surface area is 66.1 Å². The lowest BCUT2D eigenvalue weighted by atomic mass is 9.94. The number of methoxy groups -OCH3 is 1. The van der Waals surface area contributed by atoms with Gasteiger partial charge in [0, 0.05) is 12.6 Å². The molecule has 4 nitrogen and oxygen atoms in total. The fraction of sp³-hybridized carbons (Fsp3) is 0.857. The van der Waals surface area contributed by atoms with Crippen molar-refractivity contribution in [1.82, 2.24) is 5.32 Å². The molecule has 0 radical (unpaired) electrons. The van der Waals surface area contributed by atoms with Crippen LogP contribution in [0, 0.1) is 5.92 Å². The highest BCUT2D eigenvalue weighted by Gasteiger charge is 2.28. The van der Waals surface area contributed by atoms with Gasteiger partial charge in [0.1, 0.15) is 0 Å². The second kappa shape index (κ2) is 3.69. The van der Waals surface area contributed by atoms with Crippen LogP contribution in [0.1, 0.15) is 6.42 Å². The van der Waals surface area contributed by atoms with E-state index in [-0.39, 0.29) is 17.9 Å². The molecule has 1 rings (SSSR count). The lowest BCUT2D eigenvalue weighted by molar-refractivity contribution is -0.146. The van der Waals surface area contributed by atoms with E-state index in [4.69, 9.17) is 5.73 Å². The molecule has 1 aliphatic heterocycles. The molecule has 1 saturated heterocycles. The van der Waals surface area contributed by atoms with Gasteiger partial charge in [-0.15, -0.1) is 0 Å². The Kier molecular flexibility index (Phi) is 2.84. The third kappa shape index (κ3) is 1.91.